The molecule has 0 radical (unpaired) electrons. The molecule has 1 amide bonds. The number of benzene rings is 1. The maximum atomic E-state index is 11.9. The first-order valence-electron chi connectivity index (χ1n) is 5.13. The van der Waals surface area contributed by atoms with Crippen molar-refractivity contribution >= 4 is 40.8 Å². The Balaban J connectivity index is 2.32. The number of aryl methyl sites for hydroxylation is 1. The van der Waals surface area contributed by atoms with Crippen molar-refractivity contribution in [2.24, 2.45) is 0 Å². The first kappa shape index (κ1) is 14.2. The van der Waals surface area contributed by atoms with E-state index in [-0.39, 0.29) is 27.5 Å². The molecule has 20 heavy (non-hydrogen) atoms. The Kier molecular flexibility index (Phi) is 3.86. The molecule has 104 valence electrons. The standard InChI is InChI=1S/C10H6Cl2N4O4/c1-4-14-15-10(20-4)13-9(17)5-2-6(11)8(12)7(3-5)16(18)19/h2-3H,1H3,(H,13,15,17). The van der Waals surface area contributed by atoms with E-state index in [2.05, 4.69) is 15.5 Å². The highest BCUT2D eigenvalue weighted by Crippen LogP contribution is 2.33. The predicted molar refractivity (Wildman–Crippen MR) is 70.1 cm³/mol. The summed E-state index contributed by atoms with van der Waals surface area (Å²) in [6.45, 7) is 1.55. The number of nitrogens with zero attached hydrogens (tertiary/aromatic N) is 3. The first-order chi connectivity index (χ1) is 9.38. The monoisotopic (exact) mass is 316 g/mol. The smallest absolute Gasteiger partial charge is 0.322 e. The van der Waals surface area contributed by atoms with Gasteiger partial charge in [0, 0.05) is 18.6 Å². The Labute approximate surface area is 121 Å². The maximum Gasteiger partial charge on any atom is 0.322 e. The van der Waals surface area contributed by atoms with Crippen molar-refractivity contribution in [1.82, 2.24) is 10.2 Å². The lowest BCUT2D eigenvalue weighted by atomic mass is 10.2. The molecule has 2 rings (SSSR count). The SMILES string of the molecule is Cc1nnc(NC(=O)c2cc(Cl)c(Cl)c([N+](=O)[O-])c2)o1. The van der Waals surface area contributed by atoms with Crippen LogP contribution in [0, 0.1) is 17.0 Å². The lowest BCUT2D eigenvalue weighted by molar-refractivity contribution is -0.384. The van der Waals surface area contributed by atoms with Crippen molar-refractivity contribution in [1.29, 1.82) is 0 Å². The Hall–Kier alpha value is -2.19. The van der Waals surface area contributed by atoms with Crippen LogP contribution in [0.1, 0.15) is 16.2 Å². The summed E-state index contributed by atoms with van der Waals surface area (Å²) in [5.74, 6) is -0.421. The summed E-state index contributed by atoms with van der Waals surface area (Å²) >= 11 is 11.4. The molecule has 8 nitrogen and oxygen atoms in total. The topological polar surface area (TPSA) is 111 Å². The van der Waals surface area contributed by atoms with Crippen LogP contribution >= 0.6 is 23.2 Å². The molecule has 0 aliphatic carbocycles. The number of hydrogen-bond acceptors (Lipinski definition) is 6. The minimum absolute atomic E-state index is 0.0537. The van der Waals surface area contributed by atoms with Gasteiger partial charge in [0.2, 0.25) is 5.89 Å². The van der Waals surface area contributed by atoms with Crippen molar-refractivity contribution in [3.05, 3.63) is 43.7 Å². The number of nitrogens with one attached hydrogen (secondary N) is 1. The van der Waals surface area contributed by atoms with Crippen molar-refractivity contribution in [2.75, 3.05) is 5.32 Å². The van der Waals surface area contributed by atoms with Crippen LogP contribution in [0.4, 0.5) is 11.7 Å². The average Bonchev–Trinajstić information content (AvgIpc) is 2.77. The Morgan fingerprint density at radius 3 is 2.65 bits per heavy atom. The summed E-state index contributed by atoms with van der Waals surface area (Å²) in [6, 6.07) is 2.09. The molecular formula is C10H6Cl2N4O4. The number of halogens is 2. The molecule has 1 aromatic heterocycles. The minimum atomic E-state index is -0.734. The summed E-state index contributed by atoms with van der Waals surface area (Å²) in [6.07, 6.45) is 0. The fourth-order valence-corrected chi connectivity index (χ4v) is 1.75. The number of amides is 1. The Morgan fingerprint density at radius 1 is 1.40 bits per heavy atom. The van der Waals surface area contributed by atoms with Gasteiger partial charge >= 0.3 is 6.01 Å². The van der Waals surface area contributed by atoms with E-state index in [0.29, 0.717) is 0 Å². The number of carbonyl (C=O) groups excluding carboxylic acids is 1. The zero-order valence-corrected chi connectivity index (χ0v) is 11.4. The molecule has 0 aliphatic heterocycles. The number of rotatable bonds is 3. The highest BCUT2D eigenvalue weighted by molar-refractivity contribution is 6.43. The van der Waals surface area contributed by atoms with Crippen LogP contribution in [0.15, 0.2) is 16.5 Å². The fraction of sp³-hybridized carbons (Fsp3) is 0.100. The molecule has 0 bridgehead atoms. The highest BCUT2D eigenvalue weighted by atomic mass is 35.5. The van der Waals surface area contributed by atoms with Gasteiger partial charge in [0.15, 0.2) is 0 Å². The quantitative estimate of drug-likeness (QED) is 0.688. The second kappa shape index (κ2) is 5.43. The van der Waals surface area contributed by atoms with Crippen LogP contribution in [0.3, 0.4) is 0 Å². The van der Waals surface area contributed by atoms with Crippen LogP contribution in [0.25, 0.3) is 0 Å². The molecular weight excluding hydrogens is 311 g/mol. The summed E-state index contributed by atoms with van der Waals surface area (Å²) < 4.78 is 4.96. The summed E-state index contributed by atoms with van der Waals surface area (Å²) in [5, 5.41) is 19.8. The number of anilines is 1. The van der Waals surface area contributed by atoms with Crippen molar-refractivity contribution in [2.45, 2.75) is 6.92 Å². The van der Waals surface area contributed by atoms with Crippen LogP contribution in [0.5, 0.6) is 0 Å². The third-order valence-corrected chi connectivity index (χ3v) is 3.01. The van der Waals surface area contributed by atoms with E-state index in [4.69, 9.17) is 27.6 Å². The number of hydrogen-bond donors (Lipinski definition) is 1. The van der Waals surface area contributed by atoms with Gasteiger partial charge in [-0.3, -0.25) is 20.2 Å². The second-order valence-electron chi connectivity index (χ2n) is 3.63. The molecule has 0 spiro atoms. The predicted octanol–water partition coefficient (Wildman–Crippen LogP) is 2.85. The molecule has 0 unspecified atom stereocenters. The van der Waals surface area contributed by atoms with Gasteiger partial charge in [-0.15, -0.1) is 5.10 Å². The van der Waals surface area contributed by atoms with Crippen LogP contribution in [-0.2, 0) is 0 Å². The Bertz CT molecular complexity index is 701. The zero-order valence-electron chi connectivity index (χ0n) is 9.89. The lowest BCUT2D eigenvalue weighted by Crippen LogP contribution is -2.12. The molecule has 2 aromatic rings. The molecule has 1 N–H and O–H groups in total. The van der Waals surface area contributed by atoms with Crippen LogP contribution < -0.4 is 5.32 Å². The van der Waals surface area contributed by atoms with Gasteiger partial charge in [-0.1, -0.05) is 28.3 Å². The van der Waals surface area contributed by atoms with Gasteiger partial charge in [0.05, 0.1) is 9.95 Å². The fourth-order valence-electron chi connectivity index (χ4n) is 1.35. The van der Waals surface area contributed by atoms with Gasteiger partial charge in [0.1, 0.15) is 5.02 Å². The van der Waals surface area contributed by atoms with Crippen molar-refractivity contribution < 1.29 is 14.1 Å². The van der Waals surface area contributed by atoms with Gasteiger partial charge < -0.3 is 4.42 Å². The normalized spacial score (nSPS) is 10.3. The number of carbonyl (C=O) groups is 1. The lowest BCUT2D eigenvalue weighted by Gasteiger charge is -2.03. The summed E-state index contributed by atoms with van der Waals surface area (Å²) in [4.78, 5) is 22.0. The van der Waals surface area contributed by atoms with Gasteiger partial charge in [0.25, 0.3) is 11.6 Å². The molecule has 0 saturated heterocycles. The third-order valence-electron chi connectivity index (χ3n) is 2.21. The molecule has 0 aliphatic rings. The van der Waals surface area contributed by atoms with E-state index in [9.17, 15) is 14.9 Å². The van der Waals surface area contributed by atoms with E-state index in [0.717, 1.165) is 6.07 Å². The van der Waals surface area contributed by atoms with E-state index in [1.807, 2.05) is 0 Å². The van der Waals surface area contributed by atoms with Crippen LogP contribution in [-0.4, -0.2) is 21.0 Å². The molecule has 0 atom stereocenters. The van der Waals surface area contributed by atoms with E-state index in [1.165, 1.54) is 6.07 Å². The molecule has 1 heterocycles. The van der Waals surface area contributed by atoms with Crippen molar-refractivity contribution in [3.63, 3.8) is 0 Å². The molecule has 0 fully saturated rings. The van der Waals surface area contributed by atoms with Crippen LogP contribution in [0.2, 0.25) is 10.0 Å². The minimum Gasteiger partial charge on any atom is -0.408 e. The largest absolute Gasteiger partial charge is 0.408 e. The Morgan fingerprint density at radius 2 is 2.10 bits per heavy atom. The van der Waals surface area contributed by atoms with E-state index < -0.39 is 16.5 Å². The van der Waals surface area contributed by atoms with E-state index >= 15 is 0 Å². The summed E-state index contributed by atoms with van der Waals surface area (Å²) in [5.41, 5.74) is -0.520. The van der Waals surface area contributed by atoms with Gasteiger partial charge in [-0.2, -0.15) is 0 Å². The molecule has 0 saturated carbocycles. The average molecular weight is 317 g/mol. The number of aromatic nitrogens is 2. The number of nitro benzene ring substituents is 1. The number of nitro groups is 1. The second-order valence-corrected chi connectivity index (χ2v) is 4.41. The van der Waals surface area contributed by atoms with Gasteiger partial charge in [-0.25, -0.2) is 0 Å². The molecule has 1 aromatic carbocycles. The zero-order chi connectivity index (χ0) is 14.9. The third kappa shape index (κ3) is 2.86. The highest BCUT2D eigenvalue weighted by Gasteiger charge is 2.21. The van der Waals surface area contributed by atoms with Crippen molar-refractivity contribution in [3.8, 4) is 0 Å². The van der Waals surface area contributed by atoms with E-state index in [1.54, 1.807) is 6.92 Å². The molecule has 10 heteroatoms. The van der Waals surface area contributed by atoms with Gasteiger partial charge in [-0.05, 0) is 6.07 Å². The maximum absolute atomic E-state index is 11.9. The first-order valence-corrected chi connectivity index (χ1v) is 5.89. The summed E-state index contributed by atoms with van der Waals surface area (Å²) in [7, 11) is 0.